The third kappa shape index (κ3) is 4.96. The number of rotatable bonds is 7. The second kappa shape index (κ2) is 9.29. The fourth-order valence-electron chi connectivity index (χ4n) is 3.92. The lowest BCUT2D eigenvalue weighted by Crippen LogP contribution is -2.30. The summed E-state index contributed by atoms with van der Waals surface area (Å²) in [4.78, 5) is 0. The lowest BCUT2D eigenvalue weighted by Gasteiger charge is -2.35. The number of anilines is 2. The zero-order valence-electron chi connectivity index (χ0n) is 19.3. The zero-order chi connectivity index (χ0) is 23.4. The Labute approximate surface area is 195 Å². The van der Waals surface area contributed by atoms with Crippen molar-refractivity contribution in [2.75, 3.05) is 11.5 Å². The summed E-state index contributed by atoms with van der Waals surface area (Å²) in [5.74, 6) is 3.49. The summed E-state index contributed by atoms with van der Waals surface area (Å²) in [6, 6.07) is 31.5. The number of nitrogens with two attached hydrogens (primary N) is 2. The maximum Gasteiger partial charge on any atom is 0.127 e. The molecule has 0 spiro atoms. The fourth-order valence-corrected chi connectivity index (χ4v) is 3.92. The van der Waals surface area contributed by atoms with Crippen LogP contribution in [0.15, 0.2) is 97.1 Å². The molecule has 0 radical (unpaired) electrons. The van der Waals surface area contributed by atoms with Gasteiger partial charge < -0.3 is 20.9 Å². The van der Waals surface area contributed by atoms with E-state index in [9.17, 15) is 0 Å². The summed E-state index contributed by atoms with van der Waals surface area (Å²) in [6.45, 7) is 6.78. The molecule has 0 aliphatic heterocycles. The molecule has 0 saturated heterocycles. The highest BCUT2D eigenvalue weighted by molar-refractivity contribution is 5.47. The number of benzene rings is 4. The molecule has 4 aromatic carbocycles. The summed E-state index contributed by atoms with van der Waals surface area (Å²) in [6.07, 6.45) is 0. The van der Waals surface area contributed by atoms with E-state index >= 15 is 0 Å². The molecule has 4 N–H and O–H groups in total. The molecule has 168 valence electrons. The minimum Gasteiger partial charge on any atom is -0.457 e. The normalized spacial score (nSPS) is 11.4. The Morgan fingerprint density at radius 3 is 1.06 bits per heavy atom. The molecule has 0 atom stereocenters. The van der Waals surface area contributed by atoms with Gasteiger partial charge in [-0.05, 0) is 89.8 Å². The number of nitrogen functional groups attached to an aromatic ring is 2. The van der Waals surface area contributed by atoms with Gasteiger partial charge in [-0.3, -0.25) is 0 Å². The van der Waals surface area contributed by atoms with Crippen molar-refractivity contribution in [1.29, 1.82) is 0 Å². The van der Waals surface area contributed by atoms with Crippen LogP contribution >= 0.6 is 0 Å². The quantitative estimate of drug-likeness (QED) is 0.295. The van der Waals surface area contributed by atoms with Crippen molar-refractivity contribution in [3.63, 3.8) is 0 Å². The van der Waals surface area contributed by atoms with Crippen molar-refractivity contribution in [2.24, 2.45) is 5.92 Å². The maximum atomic E-state index is 5.97. The maximum absolute atomic E-state index is 5.97. The third-order valence-electron chi connectivity index (χ3n) is 6.29. The summed E-state index contributed by atoms with van der Waals surface area (Å²) in [7, 11) is 0. The average Bonchev–Trinajstić information content (AvgIpc) is 2.82. The summed E-state index contributed by atoms with van der Waals surface area (Å²) >= 11 is 0. The van der Waals surface area contributed by atoms with E-state index in [-0.39, 0.29) is 5.41 Å². The Morgan fingerprint density at radius 2 is 0.788 bits per heavy atom. The zero-order valence-corrected chi connectivity index (χ0v) is 19.3. The molecule has 0 saturated carbocycles. The number of hydrogen-bond donors (Lipinski definition) is 2. The highest BCUT2D eigenvalue weighted by Gasteiger charge is 2.32. The van der Waals surface area contributed by atoms with Crippen LogP contribution < -0.4 is 20.9 Å². The van der Waals surface area contributed by atoms with Crippen molar-refractivity contribution in [3.8, 4) is 23.0 Å². The first-order valence-corrected chi connectivity index (χ1v) is 11.1. The van der Waals surface area contributed by atoms with E-state index in [1.807, 2.05) is 72.8 Å². The van der Waals surface area contributed by atoms with E-state index in [1.165, 1.54) is 11.1 Å². The standard InChI is InChI=1S/C29H30N2O2/c1-20(2)29(3,21-4-12-25(13-5-21)32-27-16-8-23(30)9-17-27)22-6-14-26(15-7-22)33-28-18-10-24(31)11-19-28/h4-20H,30-31H2,1-3H3. The van der Waals surface area contributed by atoms with Gasteiger partial charge in [0.15, 0.2) is 0 Å². The largest absolute Gasteiger partial charge is 0.457 e. The van der Waals surface area contributed by atoms with Crippen molar-refractivity contribution in [2.45, 2.75) is 26.2 Å². The average molecular weight is 439 g/mol. The van der Waals surface area contributed by atoms with Crippen molar-refractivity contribution >= 4 is 11.4 Å². The molecule has 0 amide bonds. The van der Waals surface area contributed by atoms with Crippen LogP contribution in [0.4, 0.5) is 11.4 Å². The van der Waals surface area contributed by atoms with Gasteiger partial charge >= 0.3 is 0 Å². The van der Waals surface area contributed by atoms with Crippen LogP contribution in [-0.2, 0) is 5.41 Å². The molecule has 33 heavy (non-hydrogen) atoms. The van der Waals surface area contributed by atoms with Gasteiger partial charge in [0.2, 0.25) is 0 Å². The Bertz CT molecular complexity index is 1090. The first-order chi connectivity index (χ1) is 15.8. The van der Waals surface area contributed by atoms with E-state index in [0.29, 0.717) is 5.92 Å². The Morgan fingerprint density at radius 1 is 0.515 bits per heavy atom. The van der Waals surface area contributed by atoms with E-state index in [1.54, 1.807) is 0 Å². The van der Waals surface area contributed by atoms with Crippen LogP contribution in [0, 0.1) is 5.92 Å². The SMILES string of the molecule is CC(C)C(C)(c1ccc(Oc2ccc(N)cc2)cc1)c1ccc(Oc2ccc(N)cc2)cc1. The van der Waals surface area contributed by atoms with Crippen LogP contribution in [0.5, 0.6) is 23.0 Å². The predicted octanol–water partition coefficient (Wildman–Crippen LogP) is 7.40. The topological polar surface area (TPSA) is 70.5 Å². The van der Waals surface area contributed by atoms with Gasteiger partial charge in [0.05, 0.1) is 0 Å². The second-order valence-electron chi connectivity index (χ2n) is 8.75. The number of hydrogen-bond acceptors (Lipinski definition) is 4. The molecule has 0 aromatic heterocycles. The molecule has 0 heterocycles. The fraction of sp³-hybridized carbons (Fsp3) is 0.172. The van der Waals surface area contributed by atoms with Crippen LogP contribution in [0.2, 0.25) is 0 Å². The molecule has 0 unspecified atom stereocenters. The van der Waals surface area contributed by atoms with Crippen LogP contribution in [-0.4, -0.2) is 0 Å². The van der Waals surface area contributed by atoms with Crippen LogP contribution in [0.25, 0.3) is 0 Å². The van der Waals surface area contributed by atoms with E-state index in [4.69, 9.17) is 20.9 Å². The predicted molar refractivity (Wildman–Crippen MR) is 136 cm³/mol. The van der Waals surface area contributed by atoms with Gasteiger partial charge in [-0.25, -0.2) is 0 Å². The molecule has 0 aliphatic rings. The lowest BCUT2D eigenvalue weighted by molar-refractivity contribution is 0.403. The van der Waals surface area contributed by atoms with Gasteiger partial charge in [-0.2, -0.15) is 0 Å². The number of ether oxygens (including phenoxy) is 2. The Balaban J connectivity index is 1.54. The highest BCUT2D eigenvalue weighted by atomic mass is 16.5. The second-order valence-corrected chi connectivity index (χ2v) is 8.75. The molecule has 4 rings (SSSR count). The molecule has 4 aromatic rings. The van der Waals surface area contributed by atoms with Gasteiger partial charge in [0.25, 0.3) is 0 Å². The van der Waals surface area contributed by atoms with E-state index in [0.717, 1.165) is 34.4 Å². The first kappa shape index (κ1) is 22.3. The molecule has 0 aliphatic carbocycles. The third-order valence-corrected chi connectivity index (χ3v) is 6.29. The van der Waals surface area contributed by atoms with Crippen LogP contribution in [0.3, 0.4) is 0 Å². The molecular formula is C29H30N2O2. The van der Waals surface area contributed by atoms with Crippen molar-refractivity contribution in [1.82, 2.24) is 0 Å². The van der Waals surface area contributed by atoms with Gasteiger partial charge in [0, 0.05) is 16.8 Å². The molecule has 4 heteroatoms. The smallest absolute Gasteiger partial charge is 0.127 e. The molecule has 4 nitrogen and oxygen atoms in total. The van der Waals surface area contributed by atoms with Gasteiger partial charge in [-0.15, -0.1) is 0 Å². The molecule has 0 fully saturated rings. The minimum absolute atomic E-state index is 0.167. The summed E-state index contributed by atoms with van der Waals surface area (Å²) < 4.78 is 11.9. The summed E-state index contributed by atoms with van der Waals surface area (Å²) in [5.41, 5.74) is 15.2. The lowest BCUT2D eigenvalue weighted by atomic mass is 9.68. The highest BCUT2D eigenvalue weighted by Crippen LogP contribution is 2.40. The molecule has 0 bridgehead atoms. The van der Waals surface area contributed by atoms with E-state index < -0.39 is 0 Å². The summed E-state index contributed by atoms with van der Waals surface area (Å²) in [5, 5.41) is 0. The van der Waals surface area contributed by atoms with Crippen molar-refractivity contribution < 1.29 is 9.47 Å². The van der Waals surface area contributed by atoms with Crippen molar-refractivity contribution in [3.05, 3.63) is 108 Å². The minimum atomic E-state index is -0.167. The van der Waals surface area contributed by atoms with Gasteiger partial charge in [0.1, 0.15) is 23.0 Å². The Kier molecular flexibility index (Phi) is 6.27. The Hall–Kier alpha value is -3.92. The van der Waals surface area contributed by atoms with Crippen LogP contribution in [0.1, 0.15) is 31.9 Å². The van der Waals surface area contributed by atoms with E-state index in [2.05, 4.69) is 45.0 Å². The first-order valence-electron chi connectivity index (χ1n) is 11.1. The monoisotopic (exact) mass is 438 g/mol. The van der Waals surface area contributed by atoms with Gasteiger partial charge in [-0.1, -0.05) is 45.0 Å². The molecular weight excluding hydrogens is 408 g/mol.